The van der Waals surface area contributed by atoms with Crippen molar-refractivity contribution in [2.75, 3.05) is 6.61 Å². The maximum Gasteiger partial charge on any atom is 0.119 e. The minimum absolute atomic E-state index is 0.780. The van der Waals surface area contributed by atoms with Crippen LogP contribution < -0.4 is 4.74 Å². The number of ether oxygens (including phenoxy) is 1. The van der Waals surface area contributed by atoms with E-state index in [-0.39, 0.29) is 0 Å². The summed E-state index contributed by atoms with van der Waals surface area (Å²) >= 11 is 0. The smallest absolute Gasteiger partial charge is 0.119 e. The molecule has 17 heavy (non-hydrogen) atoms. The quantitative estimate of drug-likeness (QED) is 0.722. The fraction of sp³-hybridized carbons (Fsp3) is 0.267. The van der Waals surface area contributed by atoms with E-state index >= 15 is 0 Å². The summed E-state index contributed by atoms with van der Waals surface area (Å²) in [5, 5.41) is 0. The number of aromatic nitrogens is 1. The van der Waals surface area contributed by atoms with Gasteiger partial charge in [-0.25, -0.2) is 0 Å². The van der Waals surface area contributed by atoms with Crippen molar-refractivity contribution in [1.82, 2.24) is 4.98 Å². The van der Waals surface area contributed by atoms with Gasteiger partial charge in [0.2, 0.25) is 0 Å². The van der Waals surface area contributed by atoms with Gasteiger partial charge in [-0.15, -0.1) is 0 Å². The Morgan fingerprint density at radius 3 is 2.82 bits per heavy atom. The van der Waals surface area contributed by atoms with E-state index in [4.69, 9.17) is 4.74 Å². The molecule has 2 nitrogen and oxygen atoms in total. The van der Waals surface area contributed by atoms with Crippen LogP contribution in [0.25, 0.3) is 11.3 Å². The van der Waals surface area contributed by atoms with Crippen molar-refractivity contribution < 1.29 is 4.74 Å². The summed E-state index contributed by atoms with van der Waals surface area (Å²) in [5.41, 5.74) is 2.08. The molecule has 1 heterocycles. The monoisotopic (exact) mass is 227 g/mol. The molecule has 0 unspecified atom stereocenters. The average Bonchev–Trinajstić information content (AvgIpc) is 2.41. The zero-order valence-corrected chi connectivity index (χ0v) is 10.1. The topological polar surface area (TPSA) is 22.1 Å². The SMILES string of the molecule is CCCCOc1cccc(-c2ccccn2)c1. The predicted molar refractivity (Wildman–Crippen MR) is 70.1 cm³/mol. The van der Waals surface area contributed by atoms with E-state index in [1.54, 1.807) is 6.20 Å². The second-order valence-corrected chi connectivity index (χ2v) is 3.94. The first-order valence-electron chi connectivity index (χ1n) is 6.04. The minimum atomic E-state index is 0.780. The van der Waals surface area contributed by atoms with E-state index in [1.807, 2.05) is 36.4 Å². The fourth-order valence-corrected chi connectivity index (χ4v) is 1.61. The summed E-state index contributed by atoms with van der Waals surface area (Å²) < 4.78 is 5.68. The molecular formula is C15H17NO. The van der Waals surface area contributed by atoms with E-state index in [2.05, 4.69) is 18.0 Å². The number of pyridine rings is 1. The first kappa shape index (κ1) is 11.6. The highest BCUT2D eigenvalue weighted by atomic mass is 16.5. The number of nitrogens with zero attached hydrogens (tertiary/aromatic N) is 1. The third kappa shape index (κ3) is 3.31. The number of rotatable bonds is 5. The van der Waals surface area contributed by atoms with Gasteiger partial charge < -0.3 is 4.74 Å². The molecule has 0 atom stereocenters. The van der Waals surface area contributed by atoms with Crippen LogP contribution in [0.3, 0.4) is 0 Å². The van der Waals surface area contributed by atoms with Gasteiger partial charge in [0.25, 0.3) is 0 Å². The number of hydrogen-bond acceptors (Lipinski definition) is 2. The van der Waals surface area contributed by atoms with Crippen molar-refractivity contribution in [2.24, 2.45) is 0 Å². The molecule has 1 aromatic carbocycles. The fourth-order valence-electron chi connectivity index (χ4n) is 1.61. The highest BCUT2D eigenvalue weighted by Gasteiger charge is 2.00. The molecule has 1 aromatic heterocycles. The van der Waals surface area contributed by atoms with Crippen molar-refractivity contribution in [3.8, 4) is 17.0 Å². The third-order valence-electron chi connectivity index (χ3n) is 2.56. The molecule has 2 aromatic rings. The Bertz CT molecular complexity index is 453. The van der Waals surface area contributed by atoms with Crippen LogP contribution in [0.4, 0.5) is 0 Å². The van der Waals surface area contributed by atoms with Crippen LogP contribution in [0, 0.1) is 0 Å². The van der Waals surface area contributed by atoms with Crippen LogP contribution in [-0.2, 0) is 0 Å². The lowest BCUT2D eigenvalue weighted by Crippen LogP contribution is -1.96. The van der Waals surface area contributed by atoms with E-state index < -0.39 is 0 Å². The molecule has 2 heteroatoms. The van der Waals surface area contributed by atoms with Gasteiger partial charge in [0.05, 0.1) is 12.3 Å². The van der Waals surface area contributed by atoms with Gasteiger partial charge in [-0.05, 0) is 30.7 Å². The molecule has 0 aliphatic heterocycles. The number of hydrogen-bond donors (Lipinski definition) is 0. The van der Waals surface area contributed by atoms with Gasteiger partial charge in [-0.1, -0.05) is 31.5 Å². The summed E-state index contributed by atoms with van der Waals surface area (Å²) in [6, 6.07) is 14.0. The Kier molecular flexibility index (Phi) is 4.14. The van der Waals surface area contributed by atoms with Crippen molar-refractivity contribution in [3.63, 3.8) is 0 Å². The van der Waals surface area contributed by atoms with Crippen molar-refractivity contribution in [2.45, 2.75) is 19.8 Å². The van der Waals surface area contributed by atoms with Gasteiger partial charge >= 0.3 is 0 Å². The Hall–Kier alpha value is -1.83. The van der Waals surface area contributed by atoms with Crippen LogP contribution in [0.15, 0.2) is 48.7 Å². The molecule has 0 aliphatic rings. The molecule has 0 bridgehead atoms. The van der Waals surface area contributed by atoms with E-state index in [1.165, 1.54) is 0 Å². The van der Waals surface area contributed by atoms with E-state index in [9.17, 15) is 0 Å². The molecule has 2 rings (SSSR count). The zero-order chi connectivity index (χ0) is 11.9. The first-order valence-corrected chi connectivity index (χ1v) is 6.04. The van der Waals surface area contributed by atoms with Crippen LogP contribution in [0.1, 0.15) is 19.8 Å². The summed E-state index contributed by atoms with van der Waals surface area (Å²) in [7, 11) is 0. The predicted octanol–water partition coefficient (Wildman–Crippen LogP) is 3.93. The Balaban J connectivity index is 2.12. The lowest BCUT2D eigenvalue weighted by Gasteiger charge is -2.07. The molecular weight excluding hydrogens is 210 g/mol. The second kappa shape index (κ2) is 6.04. The largest absolute Gasteiger partial charge is 0.494 e. The maximum atomic E-state index is 5.68. The van der Waals surface area contributed by atoms with E-state index in [0.717, 1.165) is 36.5 Å². The third-order valence-corrected chi connectivity index (χ3v) is 2.56. The highest BCUT2D eigenvalue weighted by Crippen LogP contribution is 2.21. The summed E-state index contributed by atoms with van der Waals surface area (Å²) in [6.45, 7) is 2.94. The van der Waals surface area contributed by atoms with Crippen LogP contribution in [0.2, 0.25) is 0 Å². The lowest BCUT2D eigenvalue weighted by atomic mass is 10.1. The molecule has 88 valence electrons. The number of benzene rings is 1. The molecule has 0 spiro atoms. The lowest BCUT2D eigenvalue weighted by molar-refractivity contribution is 0.309. The van der Waals surface area contributed by atoms with Gasteiger partial charge in [-0.3, -0.25) is 4.98 Å². The molecule has 0 saturated heterocycles. The van der Waals surface area contributed by atoms with Crippen LogP contribution in [0.5, 0.6) is 5.75 Å². The summed E-state index contributed by atoms with van der Waals surface area (Å²) in [4.78, 5) is 4.33. The van der Waals surface area contributed by atoms with Gasteiger partial charge in [-0.2, -0.15) is 0 Å². The maximum absolute atomic E-state index is 5.68. The molecule has 0 fully saturated rings. The normalized spacial score (nSPS) is 10.2. The average molecular weight is 227 g/mol. The minimum Gasteiger partial charge on any atom is -0.494 e. The summed E-state index contributed by atoms with van der Waals surface area (Å²) in [5.74, 6) is 0.918. The number of unbranched alkanes of at least 4 members (excludes halogenated alkanes) is 1. The van der Waals surface area contributed by atoms with Gasteiger partial charge in [0.15, 0.2) is 0 Å². The van der Waals surface area contributed by atoms with Crippen molar-refractivity contribution in [1.29, 1.82) is 0 Å². The Morgan fingerprint density at radius 2 is 2.06 bits per heavy atom. The van der Waals surface area contributed by atoms with Crippen molar-refractivity contribution >= 4 is 0 Å². The molecule has 0 aliphatic carbocycles. The second-order valence-electron chi connectivity index (χ2n) is 3.94. The molecule has 0 radical (unpaired) electrons. The van der Waals surface area contributed by atoms with Crippen molar-refractivity contribution in [3.05, 3.63) is 48.7 Å². The summed E-state index contributed by atoms with van der Waals surface area (Å²) in [6.07, 6.45) is 4.05. The highest BCUT2D eigenvalue weighted by molar-refractivity contribution is 5.60. The molecule has 0 N–H and O–H groups in total. The molecule has 0 amide bonds. The van der Waals surface area contributed by atoms with Gasteiger partial charge in [0.1, 0.15) is 5.75 Å². The first-order chi connectivity index (χ1) is 8.40. The standard InChI is InChI=1S/C15H17NO/c1-2-3-11-17-14-8-6-7-13(12-14)15-9-4-5-10-16-15/h4-10,12H,2-3,11H2,1H3. The molecule has 0 saturated carbocycles. The zero-order valence-electron chi connectivity index (χ0n) is 10.1. The Labute approximate surface area is 102 Å². The van der Waals surface area contributed by atoms with E-state index in [0.29, 0.717) is 0 Å². The van der Waals surface area contributed by atoms with Crippen LogP contribution >= 0.6 is 0 Å². The van der Waals surface area contributed by atoms with Gasteiger partial charge in [0, 0.05) is 11.8 Å². The Morgan fingerprint density at radius 1 is 1.12 bits per heavy atom. The van der Waals surface area contributed by atoms with Crippen LogP contribution in [-0.4, -0.2) is 11.6 Å².